The lowest BCUT2D eigenvalue weighted by Gasteiger charge is -2.39. The quantitative estimate of drug-likeness (QED) is 0.722. The van der Waals surface area contributed by atoms with Crippen LogP contribution in [0.4, 0.5) is 13.6 Å². The van der Waals surface area contributed by atoms with Crippen LogP contribution >= 0.6 is 0 Å². The average Bonchev–Trinajstić information content (AvgIpc) is 2.61. The first-order chi connectivity index (χ1) is 11.5. The van der Waals surface area contributed by atoms with Crippen molar-refractivity contribution in [2.75, 3.05) is 52.5 Å². The van der Waals surface area contributed by atoms with E-state index in [1.807, 2.05) is 4.90 Å². The Morgan fingerprint density at radius 3 is 1.96 bits per heavy atom. The first-order valence-corrected chi connectivity index (χ1v) is 8.74. The first kappa shape index (κ1) is 17.4. The Hall–Kier alpha value is -1.44. The molecule has 0 N–H and O–H groups in total. The number of urea groups is 1. The largest absolute Gasteiger partial charge is 0.378 e. The molecule has 3 fully saturated rings. The molecule has 3 aliphatic rings. The van der Waals surface area contributed by atoms with Gasteiger partial charge in [-0.05, 0) is 12.8 Å². The number of likely N-dealkylation sites (tertiary alicyclic amines) is 2. The lowest BCUT2D eigenvalue weighted by molar-refractivity contribution is -0.141. The van der Waals surface area contributed by atoms with E-state index in [4.69, 9.17) is 4.74 Å². The van der Waals surface area contributed by atoms with Gasteiger partial charge in [-0.25, -0.2) is 13.6 Å². The van der Waals surface area contributed by atoms with E-state index in [9.17, 15) is 18.4 Å². The minimum absolute atomic E-state index is 0.0437. The van der Waals surface area contributed by atoms with E-state index >= 15 is 0 Å². The summed E-state index contributed by atoms with van der Waals surface area (Å²) in [5.41, 5.74) is 0. The van der Waals surface area contributed by atoms with Crippen LogP contribution in [0.15, 0.2) is 0 Å². The van der Waals surface area contributed by atoms with Crippen molar-refractivity contribution in [1.82, 2.24) is 14.7 Å². The number of amides is 3. The van der Waals surface area contributed by atoms with Gasteiger partial charge in [0.2, 0.25) is 5.91 Å². The van der Waals surface area contributed by atoms with Crippen LogP contribution in [0.2, 0.25) is 0 Å². The molecule has 0 aromatic carbocycles. The molecule has 6 nitrogen and oxygen atoms in total. The Morgan fingerprint density at radius 1 is 0.833 bits per heavy atom. The van der Waals surface area contributed by atoms with E-state index < -0.39 is 5.92 Å². The minimum Gasteiger partial charge on any atom is -0.378 e. The molecule has 3 amide bonds. The number of hydrogen-bond donors (Lipinski definition) is 0. The van der Waals surface area contributed by atoms with Crippen molar-refractivity contribution in [2.45, 2.75) is 31.6 Å². The summed E-state index contributed by atoms with van der Waals surface area (Å²) in [5, 5.41) is 0. The van der Waals surface area contributed by atoms with E-state index in [0.29, 0.717) is 52.2 Å². The number of alkyl halides is 2. The summed E-state index contributed by atoms with van der Waals surface area (Å²) >= 11 is 0. The van der Waals surface area contributed by atoms with Crippen molar-refractivity contribution < 1.29 is 23.1 Å². The van der Waals surface area contributed by atoms with Gasteiger partial charge in [-0.2, -0.15) is 0 Å². The zero-order valence-electron chi connectivity index (χ0n) is 13.9. The van der Waals surface area contributed by atoms with E-state index in [-0.39, 0.29) is 43.8 Å². The first-order valence-electron chi connectivity index (χ1n) is 8.74. The summed E-state index contributed by atoms with van der Waals surface area (Å²) in [6.07, 6.45) is 0.771. The monoisotopic (exact) mass is 345 g/mol. The highest BCUT2D eigenvalue weighted by molar-refractivity contribution is 5.80. The second-order valence-corrected chi connectivity index (χ2v) is 6.82. The maximum absolute atomic E-state index is 13.2. The Bertz CT molecular complexity index is 465. The fourth-order valence-electron chi connectivity index (χ4n) is 3.58. The molecule has 0 aromatic heterocycles. The van der Waals surface area contributed by atoms with Gasteiger partial charge in [0, 0.05) is 58.0 Å². The summed E-state index contributed by atoms with van der Waals surface area (Å²) < 4.78 is 31.7. The molecule has 8 heteroatoms. The Kier molecular flexibility index (Phi) is 5.22. The molecule has 3 aliphatic heterocycles. The highest BCUT2D eigenvalue weighted by atomic mass is 19.3. The van der Waals surface area contributed by atoms with Crippen molar-refractivity contribution in [1.29, 1.82) is 0 Å². The molecule has 136 valence electrons. The van der Waals surface area contributed by atoms with E-state index in [2.05, 4.69) is 0 Å². The molecular formula is C16H25F2N3O3. The lowest BCUT2D eigenvalue weighted by Crippen LogP contribution is -2.52. The number of rotatable bonds is 1. The Morgan fingerprint density at radius 2 is 1.38 bits per heavy atom. The van der Waals surface area contributed by atoms with Crippen LogP contribution in [0.1, 0.15) is 25.7 Å². The zero-order valence-corrected chi connectivity index (χ0v) is 13.9. The van der Waals surface area contributed by atoms with Gasteiger partial charge in [0.15, 0.2) is 0 Å². The number of ether oxygens (including phenoxy) is 1. The number of nitrogens with zero attached hydrogens (tertiary/aromatic N) is 3. The molecule has 0 spiro atoms. The molecule has 3 heterocycles. The van der Waals surface area contributed by atoms with Crippen LogP contribution in [0.25, 0.3) is 0 Å². The fraction of sp³-hybridized carbons (Fsp3) is 0.875. The van der Waals surface area contributed by atoms with Crippen LogP contribution in [0, 0.1) is 5.92 Å². The van der Waals surface area contributed by atoms with Gasteiger partial charge in [0.05, 0.1) is 13.2 Å². The van der Waals surface area contributed by atoms with Gasteiger partial charge in [0.1, 0.15) is 0 Å². The van der Waals surface area contributed by atoms with Crippen molar-refractivity contribution in [3.63, 3.8) is 0 Å². The highest BCUT2D eigenvalue weighted by Crippen LogP contribution is 2.29. The van der Waals surface area contributed by atoms with Crippen molar-refractivity contribution in [3.8, 4) is 0 Å². The number of hydrogen-bond acceptors (Lipinski definition) is 3. The van der Waals surface area contributed by atoms with Gasteiger partial charge in [-0.1, -0.05) is 0 Å². The normalized spacial score (nSPS) is 25.7. The number of carbonyl (C=O) groups is 2. The van der Waals surface area contributed by atoms with E-state index in [1.54, 1.807) is 4.90 Å². The molecule has 0 aliphatic carbocycles. The second kappa shape index (κ2) is 7.21. The number of carbonyl (C=O) groups excluding carboxylic acids is 2. The summed E-state index contributed by atoms with van der Waals surface area (Å²) in [4.78, 5) is 30.0. The fourth-order valence-corrected chi connectivity index (χ4v) is 3.58. The number of morpholine rings is 1. The maximum Gasteiger partial charge on any atom is 0.320 e. The van der Waals surface area contributed by atoms with Crippen LogP contribution in [0.3, 0.4) is 0 Å². The third-order valence-corrected chi connectivity index (χ3v) is 5.20. The predicted molar refractivity (Wildman–Crippen MR) is 82.8 cm³/mol. The molecular weight excluding hydrogens is 320 g/mol. The van der Waals surface area contributed by atoms with Gasteiger partial charge in [-0.15, -0.1) is 0 Å². The predicted octanol–water partition coefficient (Wildman–Crippen LogP) is 1.41. The third kappa shape index (κ3) is 3.96. The van der Waals surface area contributed by atoms with Crippen LogP contribution in [0.5, 0.6) is 0 Å². The smallest absolute Gasteiger partial charge is 0.320 e. The number of halogens is 2. The summed E-state index contributed by atoms with van der Waals surface area (Å²) in [7, 11) is 0. The molecule has 0 saturated carbocycles. The van der Waals surface area contributed by atoms with Gasteiger partial charge in [0.25, 0.3) is 5.92 Å². The molecule has 0 atom stereocenters. The van der Waals surface area contributed by atoms with Crippen LogP contribution < -0.4 is 0 Å². The zero-order chi connectivity index (χ0) is 17.2. The van der Waals surface area contributed by atoms with Gasteiger partial charge < -0.3 is 19.4 Å². The van der Waals surface area contributed by atoms with Crippen molar-refractivity contribution >= 4 is 11.9 Å². The van der Waals surface area contributed by atoms with Crippen molar-refractivity contribution in [3.05, 3.63) is 0 Å². The highest BCUT2D eigenvalue weighted by Gasteiger charge is 2.38. The molecule has 0 aromatic rings. The van der Waals surface area contributed by atoms with Crippen LogP contribution in [-0.2, 0) is 9.53 Å². The lowest BCUT2D eigenvalue weighted by atomic mass is 9.95. The van der Waals surface area contributed by atoms with E-state index in [1.165, 1.54) is 4.90 Å². The SMILES string of the molecule is O=C(C1CCN(C(=O)N2CCC(F)(F)CC2)CC1)N1CCOCC1. The third-order valence-electron chi connectivity index (χ3n) is 5.20. The van der Waals surface area contributed by atoms with Crippen LogP contribution in [-0.4, -0.2) is 85.0 Å². The maximum atomic E-state index is 13.2. The summed E-state index contributed by atoms with van der Waals surface area (Å²) in [6, 6.07) is -0.164. The molecule has 3 saturated heterocycles. The molecule has 0 bridgehead atoms. The van der Waals surface area contributed by atoms with E-state index in [0.717, 1.165) is 0 Å². The minimum atomic E-state index is -2.64. The number of piperidine rings is 2. The van der Waals surface area contributed by atoms with Gasteiger partial charge in [-0.3, -0.25) is 4.79 Å². The summed E-state index contributed by atoms with van der Waals surface area (Å²) in [6.45, 7) is 3.71. The summed E-state index contributed by atoms with van der Waals surface area (Å²) in [5.74, 6) is -2.53. The average molecular weight is 345 g/mol. The molecule has 3 rings (SSSR count). The topological polar surface area (TPSA) is 53.1 Å². The second-order valence-electron chi connectivity index (χ2n) is 6.82. The molecule has 0 radical (unpaired) electrons. The molecule has 24 heavy (non-hydrogen) atoms. The Balaban J connectivity index is 1.46. The van der Waals surface area contributed by atoms with Crippen molar-refractivity contribution in [2.24, 2.45) is 5.92 Å². The Labute approximate surface area is 140 Å². The van der Waals surface area contributed by atoms with Gasteiger partial charge >= 0.3 is 6.03 Å². The standard InChI is InChI=1S/C16H25F2N3O3/c17-16(18)3-7-21(8-4-16)15(23)20-5-1-13(2-6-20)14(22)19-9-11-24-12-10-19/h13H,1-12H2. The molecule has 0 unspecified atom stereocenters.